The van der Waals surface area contributed by atoms with Crippen molar-refractivity contribution < 1.29 is 27.9 Å². The monoisotopic (exact) mass is 420 g/mol. The van der Waals surface area contributed by atoms with Crippen molar-refractivity contribution >= 4 is 11.9 Å². The van der Waals surface area contributed by atoms with E-state index in [1.165, 1.54) is 0 Å². The molecular formula is C20H19F3N4O3. The highest BCUT2D eigenvalue weighted by Crippen LogP contribution is 2.19. The maximum atomic E-state index is 12.4. The molecule has 0 unspecified atom stereocenters. The lowest BCUT2D eigenvalue weighted by Crippen LogP contribution is -2.36. The number of pyridine rings is 1. The third-order valence-electron chi connectivity index (χ3n) is 4.24. The topological polar surface area (TPSA) is 115 Å². The van der Waals surface area contributed by atoms with Gasteiger partial charge in [0.25, 0.3) is 5.91 Å². The number of hydrogen-bond acceptors (Lipinski definition) is 5. The molecule has 158 valence electrons. The van der Waals surface area contributed by atoms with E-state index in [1.54, 1.807) is 30.5 Å². The van der Waals surface area contributed by atoms with Gasteiger partial charge in [-0.3, -0.25) is 9.78 Å². The Morgan fingerprint density at radius 2 is 2.00 bits per heavy atom. The second-order valence-electron chi connectivity index (χ2n) is 6.64. The van der Waals surface area contributed by atoms with Gasteiger partial charge in [-0.2, -0.15) is 18.4 Å². The fourth-order valence-electron chi connectivity index (χ4n) is 2.79. The minimum absolute atomic E-state index is 0.0917. The van der Waals surface area contributed by atoms with E-state index in [-0.39, 0.29) is 11.9 Å². The van der Waals surface area contributed by atoms with Crippen molar-refractivity contribution in [3.8, 4) is 17.3 Å². The highest BCUT2D eigenvalue weighted by Gasteiger charge is 2.38. The zero-order valence-electron chi connectivity index (χ0n) is 15.9. The minimum Gasteiger partial charge on any atom is -0.475 e. The molecule has 1 aliphatic rings. The number of nitriles is 1. The predicted molar refractivity (Wildman–Crippen MR) is 101 cm³/mol. The molecule has 0 aliphatic carbocycles. The molecule has 1 amide bonds. The number of carboxylic acid groups (broad SMARTS) is 1. The fraction of sp³-hybridized carbons (Fsp3) is 0.300. The van der Waals surface area contributed by atoms with E-state index in [9.17, 15) is 18.0 Å². The number of nitrogens with one attached hydrogen (secondary N) is 2. The normalized spacial score (nSPS) is 18.0. The molecule has 2 heterocycles. The van der Waals surface area contributed by atoms with Crippen molar-refractivity contribution in [2.45, 2.75) is 31.6 Å². The van der Waals surface area contributed by atoms with Crippen molar-refractivity contribution in [2.75, 3.05) is 6.54 Å². The van der Waals surface area contributed by atoms with Crippen molar-refractivity contribution in [3.05, 3.63) is 53.7 Å². The van der Waals surface area contributed by atoms with Crippen LogP contribution in [0.25, 0.3) is 11.3 Å². The Labute approximate surface area is 170 Å². The fourth-order valence-corrected chi connectivity index (χ4v) is 2.79. The molecule has 0 radical (unpaired) electrons. The van der Waals surface area contributed by atoms with Crippen LogP contribution in [0.3, 0.4) is 0 Å². The maximum Gasteiger partial charge on any atom is 0.490 e. The summed E-state index contributed by atoms with van der Waals surface area (Å²) in [7, 11) is 0. The smallest absolute Gasteiger partial charge is 0.475 e. The van der Waals surface area contributed by atoms with Crippen molar-refractivity contribution in [3.63, 3.8) is 0 Å². The Bertz CT molecular complexity index is 957. The number of nitrogens with zero attached hydrogens (tertiary/aromatic N) is 2. The number of halogens is 3. The molecule has 10 heteroatoms. The molecule has 7 nitrogen and oxygen atoms in total. The third kappa shape index (κ3) is 6.56. The molecule has 2 aromatic rings. The van der Waals surface area contributed by atoms with Crippen LogP contribution in [-0.4, -0.2) is 46.8 Å². The summed E-state index contributed by atoms with van der Waals surface area (Å²) in [5.41, 5.74) is 2.67. The van der Waals surface area contributed by atoms with Crippen LogP contribution < -0.4 is 10.6 Å². The van der Waals surface area contributed by atoms with E-state index < -0.39 is 12.1 Å². The number of alkyl halides is 3. The van der Waals surface area contributed by atoms with Gasteiger partial charge < -0.3 is 15.7 Å². The van der Waals surface area contributed by atoms with Gasteiger partial charge in [0.1, 0.15) is 0 Å². The molecular weight excluding hydrogens is 401 g/mol. The molecule has 1 aromatic carbocycles. The molecule has 2 atom stereocenters. The summed E-state index contributed by atoms with van der Waals surface area (Å²) in [6.45, 7) is 2.91. The Balaban J connectivity index is 0.000000396. The van der Waals surface area contributed by atoms with Gasteiger partial charge in [-0.05, 0) is 37.6 Å². The number of carbonyl (C=O) groups excluding carboxylic acids is 1. The molecule has 3 rings (SSSR count). The van der Waals surface area contributed by atoms with E-state index >= 15 is 0 Å². The van der Waals surface area contributed by atoms with Crippen LogP contribution in [0, 0.1) is 11.3 Å². The van der Waals surface area contributed by atoms with Gasteiger partial charge in [0.2, 0.25) is 0 Å². The SMILES string of the molecule is C[C@@H]1C[C@@H](NC(=O)c2ccnc(-c3cccc(C#N)c3)c2)CN1.O=C(O)C(F)(F)F. The van der Waals surface area contributed by atoms with E-state index in [4.69, 9.17) is 15.2 Å². The highest BCUT2D eigenvalue weighted by atomic mass is 19.4. The van der Waals surface area contributed by atoms with Gasteiger partial charge in [-0.1, -0.05) is 12.1 Å². The van der Waals surface area contributed by atoms with Crippen LogP contribution in [0.2, 0.25) is 0 Å². The van der Waals surface area contributed by atoms with Crippen LogP contribution >= 0.6 is 0 Å². The number of carboxylic acids is 1. The van der Waals surface area contributed by atoms with Crippen LogP contribution in [0.15, 0.2) is 42.6 Å². The summed E-state index contributed by atoms with van der Waals surface area (Å²) in [5, 5.41) is 22.5. The van der Waals surface area contributed by atoms with Crippen LogP contribution in [-0.2, 0) is 4.79 Å². The standard InChI is InChI=1S/C18H18N4O.C2HF3O2/c1-12-7-16(11-21-12)22-18(23)15-5-6-20-17(9-15)14-4-2-3-13(8-14)10-19;3-2(4,5)1(6)7/h2-6,8-9,12,16,21H,7,11H2,1H3,(H,22,23);(H,6,7)/t12-,16-;/m1./s1. The summed E-state index contributed by atoms with van der Waals surface area (Å²) in [5.74, 6) is -2.85. The maximum absolute atomic E-state index is 12.4. The Morgan fingerprint density at radius 3 is 2.57 bits per heavy atom. The average Bonchev–Trinajstić information content (AvgIpc) is 3.12. The van der Waals surface area contributed by atoms with Gasteiger partial charge in [0, 0.05) is 36.0 Å². The molecule has 0 spiro atoms. The number of aromatic nitrogens is 1. The van der Waals surface area contributed by atoms with Gasteiger partial charge in [0.05, 0.1) is 17.3 Å². The molecule has 1 aliphatic heterocycles. The number of hydrogen-bond donors (Lipinski definition) is 3. The molecule has 3 N–H and O–H groups in total. The Hall–Kier alpha value is -3.45. The lowest BCUT2D eigenvalue weighted by atomic mass is 10.1. The molecule has 1 fully saturated rings. The first-order valence-corrected chi connectivity index (χ1v) is 8.91. The number of amides is 1. The predicted octanol–water partition coefficient (Wildman–Crippen LogP) is 2.73. The lowest BCUT2D eigenvalue weighted by molar-refractivity contribution is -0.192. The summed E-state index contributed by atoms with van der Waals surface area (Å²) >= 11 is 0. The summed E-state index contributed by atoms with van der Waals surface area (Å²) in [4.78, 5) is 25.6. The zero-order chi connectivity index (χ0) is 22.3. The zero-order valence-corrected chi connectivity index (χ0v) is 15.9. The van der Waals surface area contributed by atoms with Gasteiger partial charge in [-0.15, -0.1) is 0 Å². The number of carbonyl (C=O) groups is 2. The number of aliphatic carboxylic acids is 1. The van der Waals surface area contributed by atoms with Crippen molar-refractivity contribution in [1.82, 2.24) is 15.6 Å². The van der Waals surface area contributed by atoms with Crippen molar-refractivity contribution in [1.29, 1.82) is 5.26 Å². The van der Waals surface area contributed by atoms with Crippen LogP contribution in [0.4, 0.5) is 13.2 Å². The molecule has 30 heavy (non-hydrogen) atoms. The van der Waals surface area contributed by atoms with E-state index in [0.717, 1.165) is 18.5 Å². The first kappa shape index (κ1) is 22.8. The number of rotatable bonds is 3. The van der Waals surface area contributed by atoms with Crippen molar-refractivity contribution in [2.24, 2.45) is 0 Å². The van der Waals surface area contributed by atoms with E-state index in [2.05, 4.69) is 28.6 Å². The quantitative estimate of drug-likeness (QED) is 0.703. The van der Waals surface area contributed by atoms with Gasteiger partial charge >= 0.3 is 12.1 Å². The van der Waals surface area contributed by atoms with Crippen LogP contribution in [0.1, 0.15) is 29.3 Å². The van der Waals surface area contributed by atoms with E-state index in [1.807, 2.05) is 12.1 Å². The molecule has 0 saturated carbocycles. The average molecular weight is 420 g/mol. The Kier molecular flexibility index (Phi) is 7.49. The lowest BCUT2D eigenvalue weighted by Gasteiger charge is -2.12. The van der Waals surface area contributed by atoms with E-state index in [0.29, 0.717) is 22.9 Å². The Morgan fingerprint density at radius 1 is 1.30 bits per heavy atom. The summed E-state index contributed by atoms with van der Waals surface area (Å²) in [6, 6.07) is 13.4. The van der Waals surface area contributed by atoms with Crippen LogP contribution in [0.5, 0.6) is 0 Å². The molecule has 1 saturated heterocycles. The largest absolute Gasteiger partial charge is 0.490 e. The third-order valence-corrected chi connectivity index (χ3v) is 4.24. The second kappa shape index (κ2) is 9.84. The minimum atomic E-state index is -5.08. The first-order valence-electron chi connectivity index (χ1n) is 8.91. The summed E-state index contributed by atoms with van der Waals surface area (Å²) < 4.78 is 31.7. The van der Waals surface area contributed by atoms with Gasteiger partial charge in [-0.25, -0.2) is 4.79 Å². The highest BCUT2D eigenvalue weighted by molar-refractivity contribution is 5.95. The second-order valence-corrected chi connectivity index (χ2v) is 6.64. The molecule has 0 bridgehead atoms. The molecule has 1 aromatic heterocycles. The van der Waals surface area contributed by atoms with Gasteiger partial charge in [0.15, 0.2) is 0 Å². The number of benzene rings is 1. The first-order chi connectivity index (χ1) is 14.1. The summed E-state index contributed by atoms with van der Waals surface area (Å²) in [6.07, 6.45) is -2.52.